The Labute approximate surface area is 97.9 Å². The number of hydrogen-bond acceptors (Lipinski definition) is 5. The molecule has 1 aromatic rings. The predicted octanol–water partition coefficient (Wildman–Crippen LogP) is 0.854. The van der Waals surface area contributed by atoms with Crippen molar-refractivity contribution in [2.24, 2.45) is 0 Å². The third-order valence-electron chi connectivity index (χ3n) is 2.90. The van der Waals surface area contributed by atoms with Crippen molar-refractivity contribution in [3.05, 3.63) is 34.4 Å². The van der Waals surface area contributed by atoms with Gasteiger partial charge in [0.15, 0.2) is 17.1 Å². The topological polar surface area (TPSA) is 81.8 Å². The van der Waals surface area contributed by atoms with Crippen LogP contribution in [0.2, 0.25) is 0 Å². The van der Waals surface area contributed by atoms with Crippen LogP contribution >= 0.6 is 0 Å². The summed E-state index contributed by atoms with van der Waals surface area (Å²) in [6.07, 6.45) is 0. The molecule has 6 nitrogen and oxygen atoms in total. The van der Waals surface area contributed by atoms with Gasteiger partial charge in [0.1, 0.15) is 13.2 Å². The highest BCUT2D eigenvalue weighted by Crippen LogP contribution is 2.31. The molecule has 6 heteroatoms. The Bertz CT molecular complexity index is 407. The molecule has 0 spiro atoms. The number of nitro groups is 1. The predicted molar refractivity (Wildman–Crippen MR) is 58.8 cm³/mol. The van der Waals surface area contributed by atoms with Crippen LogP contribution in [0, 0.1) is 10.1 Å². The molecule has 0 radical (unpaired) electrons. The van der Waals surface area contributed by atoms with E-state index in [1.165, 1.54) is 6.92 Å². The van der Waals surface area contributed by atoms with E-state index in [9.17, 15) is 15.2 Å². The van der Waals surface area contributed by atoms with Crippen molar-refractivity contribution in [2.45, 2.75) is 18.6 Å². The minimum absolute atomic E-state index is 0.161. The smallest absolute Gasteiger partial charge is 0.245 e. The monoisotopic (exact) mass is 239 g/mol. The van der Waals surface area contributed by atoms with Crippen LogP contribution in [-0.4, -0.2) is 34.9 Å². The van der Waals surface area contributed by atoms with E-state index in [2.05, 4.69) is 0 Å². The summed E-state index contributed by atoms with van der Waals surface area (Å²) < 4.78 is 10.7. The van der Waals surface area contributed by atoms with Crippen molar-refractivity contribution in [2.75, 3.05) is 13.2 Å². The molecule has 92 valence electrons. The van der Waals surface area contributed by atoms with Crippen LogP contribution in [0.25, 0.3) is 0 Å². The van der Waals surface area contributed by atoms with Gasteiger partial charge in [0.2, 0.25) is 6.04 Å². The van der Waals surface area contributed by atoms with Crippen molar-refractivity contribution in [3.8, 4) is 11.5 Å². The highest BCUT2D eigenvalue weighted by atomic mass is 16.6. The fraction of sp³-hybridized carbons (Fsp3) is 0.455. The minimum atomic E-state index is -1.62. The molecule has 1 heterocycles. The molecule has 0 aromatic heterocycles. The molecule has 0 saturated heterocycles. The van der Waals surface area contributed by atoms with E-state index in [1.807, 2.05) is 0 Å². The second-order valence-corrected chi connectivity index (χ2v) is 4.09. The highest BCUT2D eigenvalue weighted by Gasteiger charge is 2.45. The van der Waals surface area contributed by atoms with Gasteiger partial charge in [-0.3, -0.25) is 10.1 Å². The van der Waals surface area contributed by atoms with E-state index in [0.717, 1.165) is 0 Å². The van der Waals surface area contributed by atoms with Crippen LogP contribution in [0.15, 0.2) is 24.3 Å². The van der Waals surface area contributed by atoms with Crippen molar-refractivity contribution >= 4 is 0 Å². The Balaban J connectivity index is 2.21. The van der Waals surface area contributed by atoms with Crippen LogP contribution < -0.4 is 9.47 Å². The largest absolute Gasteiger partial charge is 0.486 e. The first-order valence-corrected chi connectivity index (χ1v) is 5.23. The van der Waals surface area contributed by atoms with Gasteiger partial charge in [0.25, 0.3) is 0 Å². The van der Waals surface area contributed by atoms with Crippen LogP contribution in [-0.2, 0) is 0 Å². The molecule has 1 N–H and O–H groups in total. The van der Waals surface area contributed by atoms with Gasteiger partial charge in [0.05, 0.1) is 0 Å². The maximum atomic E-state index is 10.7. The molecule has 0 amide bonds. The van der Waals surface area contributed by atoms with Crippen LogP contribution in [0.1, 0.15) is 6.92 Å². The van der Waals surface area contributed by atoms with Crippen molar-refractivity contribution in [1.82, 2.24) is 0 Å². The zero-order valence-electron chi connectivity index (χ0n) is 9.33. The zero-order chi connectivity index (χ0) is 12.5. The van der Waals surface area contributed by atoms with Gasteiger partial charge in [-0.2, -0.15) is 0 Å². The lowest BCUT2D eigenvalue weighted by atomic mass is 9.98. The summed E-state index contributed by atoms with van der Waals surface area (Å²) in [6, 6.07) is 5.76. The first kappa shape index (κ1) is 11.7. The highest BCUT2D eigenvalue weighted by molar-refractivity contribution is 5.40. The number of benzene rings is 1. The summed E-state index contributed by atoms with van der Waals surface area (Å²) in [5.74, 6) is 0.970. The average molecular weight is 239 g/mol. The van der Waals surface area contributed by atoms with Gasteiger partial charge >= 0.3 is 0 Å². The summed E-state index contributed by atoms with van der Waals surface area (Å²) >= 11 is 0. The van der Waals surface area contributed by atoms with Gasteiger partial charge in [-0.05, 0) is 12.1 Å². The van der Waals surface area contributed by atoms with Crippen LogP contribution in [0.3, 0.4) is 0 Å². The third-order valence-corrected chi connectivity index (χ3v) is 2.90. The molecule has 0 aliphatic carbocycles. The molecule has 0 fully saturated rings. The normalized spacial score (nSPS) is 19.2. The molecule has 0 bridgehead atoms. The lowest BCUT2D eigenvalue weighted by Gasteiger charge is -2.25. The zero-order valence-corrected chi connectivity index (χ0v) is 9.33. The Kier molecular flexibility index (Phi) is 2.89. The Hall–Kier alpha value is -1.82. The molecule has 1 aromatic carbocycles. The number of aliphatic hydroxyl groups is 1. The fourth-order valence-electron chi connectivity index (χ4n) is 1.57. The van der Waals surface area contributed by atoms with Crippen molar-refractivity contribution in [3.63, 3.8) is 0 Å². The van der Waals surface area contributed by atoms with Gasteiger partial charge in [-0.1, -0.05) is 12.1 Å². The summed E-state index contributed by atoms with van der Waals surface area (Å²) in [5, 5.41) is 20.9. The Morgan fingerprint density at radius 1 is 1.35 bits per heavy atom. The summed E-state index contributed by atoms with van der Waals surface area (Å²) in [4.78, 5) is 10.2. The summed E-state index contributed by atoms with van der Waals surface area (Å²) in [5.41, 5.74) is -1.62. The number of nitrogens with zero attached hydrogens (tertiary/aromatic N) is 1. The van der Waals surface area contributed by atoms with Gasteiger partial charge in [-0.15, -0.1) is 0 Å². The lowest BCUT2D eigenvalue weighted by Crippen LogP contribution is -2.53. The fourth-order valence-corrected chi connectivity index (χ4v) is 1.57. The maximum Gasteiger partial charge on any atom is 0.245 e. The Morgan fingerprint density at radius 3 is 2.24 bits per heavy atom. The van der Waals surface area contributed by atoms with Crippen molar-refractivity contribution in [1.29, 1.82) is 0 Å². The van der Waals surface area contributed by atoms with Crippen molar-refractivity contribution < 1.29 is 19.5 Å². The van der Waals surface area contributed by atoms with Crippen LogP contribution in [0.5, 0.6) is 11.5 Å². The third kappa shape index (κ3) is 2.16. The van der Waals surface area contributed by atoms with E-state index in [0.29, 0.717) is 11.5 Å². The van der Waals surface area contributed by atoms with Gasteiger partial charge in [-0.25, -0.2) is 0 Å². The summed E-state index contributed by atoms with van der Waals surface area (Å²) in [6.45, 7) is 1.01. The lowest BCUT2D eigenvalue weighted by molar-refractivity contribution is -0.542. The number of ether oxygens (including phenoxy) is 2. The van der Waals surface area contributed by atoms with Crippen LogP contribution in [0.4, 0.5) is 0 Å². The summed E-state index contributed by atoms with van der Waals surface area (Å²) in [7, 11) is 0. The van der Waals surface area contributed by atoms with E-state index in [-0.39, 0.29) is 13.2 Å². The Morgan fingerprint density at radius 2 is 1.82 bits per heavy atom. The molecule has 1 aliphatic rings. The maximum absolute atomic E-state index is 10.7. The minimum Gasteiger partial charge on any atom is -0.486 e. The molecule has 0 saturated carbocycles. The quantitative estimate of drug-likeness (QED) is 0.611. The number of hydrogen-bond donors (Lipinski definition) is 1. The van der Waals surface area contributed by atoms with E-state index in [4.69, 9.17) is 9.47 Å². The molecule has 17 heavy (non-hydrogen) atoms. The number of fused-ring (bicyclic) bond motifs is 1. The average Bonchev–Trinajstić information content (AvgIpc) is 2.50. The molecular weight excluding hydrogens is 226 g/mol. The van der Waals surface area contributed by atoms with Gasteiger partial charge in [0, 0.05) is 11.8 Å². The second-order valence-electron chi connectivity index (χ2n) is 4.09. The van der Waals surface area contributed by atoms with E-state index < -0.39 is 16.6 Å². The standard InChI is InChI=1S/C11H13NO5/c1-8(12(14)15)11(13)6-16-9-4-2-3-5-10(9)17-7-11/h2-5,8,13H,6-7H2,1H3. The first-order chi connectivity index (χ1) is 8.03. The van der Waals surface area contributed by atoms with Gasteiger partial charge < -0.3 is 14.6 Å². The molecule has 1 aliphatic heterocycles. The molecule has 2 rings (SSSR count). The number of rotatable bonds is 2. The van der Waals surface area contributed by atoms with E-state index >= 15 is 0 Å². The number of para-hydroxylation sites is 2. The SMILES string of the molecule is CC([N+](=O)[O-])C1(O)COc2ccccc2OC1. The first-order valence-electron chi connectivity index (χ1n) is 5.23. The second kappa shape index (κ2) is 4.21. The van der Waals surface area contributed by atoms with E-state index in [1.54, 1.807) is 24.3 Å². The molecular formula is C11H13NO5. The molecule has 1 unspecified atom stereocenters. The molecule has 1 atom stereocenters.